The number of ether oxygens (including phenoxy) is 3. The maximum Gasteiger partial charge on any atom is 0.163 e. The van der Waals surface area contributed by atoms with Crippen molar-refractivity contribution < 1.29 is 14.2 Å². The van der Waals surface area contributed by atoms with Gasteiger partial charge in [0.2, 0.25) is 0 Å². The number of rotatable bonds is 11. The number of fused-ring (bicyclic) bond motifs is 2. The van der Waals surface area contributed by atoms with E-state index in [4.69, 9.17) is 19.2 Å². The molecular weight excluding hydrogens is 378 g/mol. The molecule has 2 aromatic rings. The fraction of sp³-hybridized carbons (Fsp3) is 0.625. The predicted molar refractivity (Wildman–Crippen MR) is 121 cm³/mol. The van der Waals surface area contributed by atoms with Crippen LogP contribution in [-0.4, -0.2) is 64.0 Å². The lowest BCUT2D eigenvalue weighted by Gasteiger charge is -2.17. The Bertz CT molecular complexity index is 880. The summed E-state index contributed by atoms with van der Waals surface area (Å²) in [6.45, 7) is 6.01. The zero-order valence-corrected chi connectivity index (χ0v) is 18.8. The van der Waals surface area contributed by atoms with Crippen LogP contribution in [0, 0.1) is 11.8 Å². The van der Waals surface area contributed by atoms with Crippen molar-refractivity contribution in [3.63, 3.8) is 0 Å². The van der Waals surface area contributed by atoms with Crippen molar-refractivity contribution in [1.82, 2.24) is 9.88 Å². The number of benzene rings is 1. The second-order valence-electron chi connectivity index (χ2n) is 9.03. The van der Waals surface area contributed by atoms with E-state index in [0.717, 1.165) is 54.3 Å². The van der Waals surface area contributed by atoms with Crippen molar-refractivity contribution >= 4 is 16.6 Å². The summed E-state index contributed by atoms with van der Waals surface area (Å²) in [6.07, 6.45) is 4.82. The second-order valence-corrected chi connectivity index (χ2v) is 9.03. The number of pyridine rings is 1. The fourth-order valence-corrected chi connectivity index (χ4v) is 4.10. The molecule has 30 heavy (non-hydrogen) atoms. The highest BCUT2D eigenvalue weighted by Gasteiger charge is 2.27. The number of nitrogens with zero attached hydrogens (tertiary/aromatic N) is 2. The topological polar surface area (TPSA) is 55.9 Å². The SMILES string of the molecule is COc1cc2c(NCC3CC3)c3c(nc2cc1OCCOCCN(C)C)CC(C)C3. The number of likely N-dealkylation sites (N-methyl/N-ethyl adjacent to an activating group) is 1. The van der Waals surface area contributed by atoms with Gasteiger partial charge in [-0.15, -0.1) is 0 Å². The first-order valence-electron chi connectivity index (χ1n) is 11.2. The molecule has 1 unspecified atom stereocenters. The minimum Gasteiger partial charge on any atom is -0.493 e. The maximum absolute atomic E-state index is 6.01. The van der Waals surface area contributed by atoms with E-state index in [2.05, 4.69) is 23.2 Å². The average molecular weight is 414 g/mol. The van der Waals surface area contributed by atoms with Crippen molar-refractivity contribution in [2.75, 3.05) is 59.4 Å². The molecule has 6 nitrogen and oxygen atoms in total. The Morgan fingerprint density at radius 2 is 1.93 bits per heavy atom. The summed E-state index contributed by atoms with van der Waals surface area (Å²) in [5.74, 6) is 2.94. The minimum atomic E-state index is 0.490. The van der Waals surface area contributed by atoms with Crippen LogP contribution in [0.5, 0.6) is 11.5 Å². The van der Waals surface area contributed by atoms with Crippen molar-refractivity contribution in [1.29, 1.82) is 0 Å². The lowest BCUT2D eigenvalue weighted by molar-refractivity contribution is 0.0881. The van der Waals surface area contributed by atoms with Gasteiger partial charge in [-0.1, -0.05) is 6.92 Å². The van der Waals surface area contributed by atoms with Crippen LogP contribution in [0.15, 0.2) is 12.1 Å². The van der Waals surface area contributed by atoms with E-state index in [9.17, 15) is 0 Å². The molecule has 1 saturated carbocycles. The molecule has 4 rings (SSSR count). The predicted octanol–water partition coefficient (Wildman–Crippen LogP) is 3.76. The first-order chi connectivity index (χ1) is 14.5. The smallest absolute Gasteiger partial charge is 0.163 e. The Morgan fingerprint density at radius 1 is 1.10 bits per heavy atom. The van der Waals surface area contributed by atoms with E-state index in [1.54, 1.807) is 7.11 Å². The van der Waals surface area contributed by atoms with Crippen LogP contribution >= 0.6 is 0 Å². The summed E-state index contributed by atoms with van der Waals surface area (Å²) >= 11 is 0. The third-order valence-corrected chi connectivity index (χ3v) is 5.98. The normalized spacial score (nSPS) is 18.1. The van der Waals surface area contributed by atoms with Gasteiger partial charge in [-0.05, 0) is 63.2 Å². The Morgan fingerprint density at radius 3 is 2.67 bits per heavy atom. The quantitative estimate of drug-likeness (QED) is 0.566. The van der Waals surface area contributed by atoms with Gasteiger partial charge in [-0.3, -0.25) is 4.98 Å². The van der Waals surface area contributed by atoms with Gasteiger partial charge in [-0.25, -0.2) is 0 Å². The number of nitrogens with one attached hydrogen (secondary N) is 1. The van der Waals surface area contributed by atoms with E-state index in [-0.39, 0.29) is 0 Å². The highest BCUT2D eigenvalue weighted by molar-refractivity contribution is 5.96. The van der Waals surface area contributed by atoms with Crippen LogP contribution in [0.4, 0.5) is 5.69 Å². The first-order valence-corrected chi connectivity index (χ1v) is 11.2. The zero-order valence-electron chi connectivity index (χ0n) is 18.8. The molecule has 0 amide bonds. The minimum absolute atomic E-state index is 0.490. The molecule has 1 fully saturated rings. The van der Waals surface area contributed by atoms with Crippen LogP contribution in [-0.2, 0) is 17.6 Å². The van der Waals surface area contributed by atoms with Crippen molar-refractivity contribution in [2.45, 2.75) is 32.6 Å². The van der Waals surface area contributed by atoms with Crippen molar-refractivity contribution in [3.8, 4) is 11.5 Å². The summed E-state index contributed by atoms with van der Waals surface area (Å²) in [7, 11) is 5.78. The third-order valence-electron chi connectivity index (χ3n) is 5.98. The standard InChI is InChI=1S/C24H35N3O3/c1-16-11-18-20(12-16)26-21-14-23(30-10-9-29-8-7-27(2)3)22(28-4)13-19(21)24(18)25-15-17-5-6-17/h13-14,16-17H,5-12,15H2,1-4H3,(H,25,26). The monoisotopic (exact) mass is 413 g/mol. The van der Waals surface area contributed by atoms with E-state index in [1.807, 2.05) is 20.2 Å². The lowest BCUT2D eigenvalue weighted by atomic mass is 10.0. The van der Waals surface area contributed by atoms with Gasteiger partial charge in [0, 0.05) is 35.9 Å². The number of anilines is 1. The molecule has 0 spiro atoms. The second kappa shape index (κ2) is 9.40. The molecule has 164 valence electrons. The number of hydrogen-bond donors (Lipinski definition) is 1. The summed E-state index contributed by atoms with van der Waals surface area (Å²) in [4.78, 5) is 7.11. The summed E-state index contributed by atoms with van der Waals surface area (Å²) in [6, 6.07) is 4.11. The average Bonchev–Trinajstić information content (AvgIpc) is 3.47. The molecular formula is C24H35N3O3. The molecule has 2 aliphatic carbocycles. The van der Waals surface area contributed by atoms with Crippen LogP contribution in [0.1, 0.15) is 31.0 Å². The van der Waals surface area contributed by atoms with Gasteiger partial charge in [0.05, 0.1) is 25.8 Å². The largest absolute Gasteiger partial charge is 0.493 e. The molecule has 1 heterocycles. The molecule has 1 atom stereocenters. The molecule has 1 N–H and O–H groups in total. The Labute approximate surface area is 179 Å². The van der Waals surface area contributed by atoms with Gasteiger partial charge in [-0.2, -0.15) is 0 Å². The van der Waals surface area contributed by atoms with Gasteiger partial charge in [0.25, 0.3) is 0 Å². The number of methoxy groups -OCH3 is 1. The Kier molecular flexibility index (Phi) is 6.64. The molecule has 6 heteroatoms. The third kappa shape index (κ3) is 4.98. The molecule has 0 bridgehead atoms. The van der Waals surface area contributed by atoms with E-state index in [1.165, 1.54) is 29.8 Å². The van der Waals surface area contributed by atoms with Gasteiger partial charge in [0.1, 0.15) is 6.61 Å². The molecule has 0 radical (unpaired) electrons. The van der Waals surface area contributed by atoms with Gasteiger partial charge >= 0.3 is 0 Å². The van der Waals surface area contributed by atoms with Crippen LogP contribution in [0.3, 0.4) is 0 Å². The van der Waals surface area contributed by atoms with Crippen molar-refractivity contribution in [3.05, 3.63) is 23.4 Å². The zero-order chi connectivity index (χ0) is 21.1. The molecule has 2 aliphatic rings. The van der Waals surface area contributed by atoms with Crippen LogP contribution in [0.25, 0.3) is 10.9 Å². The Balaban J connectivity index is 1.55. The van der Waals surface area contributed by atoms with E-state index >= 15 is 0 Å². The van der Waals surface area contributed by atoms with E-state index in [0.29, 0.717) is 25.7 Å². The first kappa shape index (κ1) is 21.2. The molecule has 1 aromatic heterocycles. The lowest BCUT2D eigenvalue weighted by Crippen LogP contribution is -2.19. The van der Waals surface area contributed by atoms with E-state index < -0.39 is 0 Å². The van der Waals surface area contributed by atoms with Gasteiger partial charge < -0.3 is 24.4 Å². The highest BCUT2D eigenvalue weighted by atomic mass is 16.5. The fourth-order valence-electron chi connectivity index (χ4n) is 4.10. The highest BCUT2D eigenvalue weighted by Crippen LogP contribution is 2.41. The summed E-state index contributed by atoms with van der Waals surface area (Å²) in [5, 5.41) is 4.89. The van der Waals surface area contributed by atoms with Crippen LogP contribution < -0.4 is 14.8 Å². The number of hydrogen-bond acceptors (Lipinski definition) is 6. The van der Waals surface area contributed by atoms with Gasteiger partial charge in [0.15, 0.2) is 11.5 Å². The molecule has 0 saturated heterocycles. The van der Waals surface area contributed by atoms with Crippen LogP contribution in [0.2, 0.25) is 0 Å². The maximum atomic E-state index is 6.01. The molecule has 1 aromatic carbocycles. The summed E-state index contributed by atoms with van der Waals surface area (Å²) in [5.41, 5.74) is 4.85. The number of aromatic nitrogens is 1. The van der Waals surface area contributed by atoms with Crippen molar-refractivity contribution in [2.24, 2.45) is 11.8 Å². The summed E-state index contributed by atoms with van der Waals surface area (Å²) < 4.78 is 17.3. The Hall–Kier alpha value is -2.05. The molecule has 0 aliphatic heterocycles.